The molecule has 1 heterocycles. The molecule has 1 amide bonds. The molecule has 5 nitrogen and oxygen atoms in total. The molecule has 0 aromatic heterocycles. The molecule has 1 fully saturated rings. The standard InChI is InChI=1S/C17H22BrNO4/c1-23-8-6-13(9-12-3-2-4-15(18)10-12)16(20)19-7-5-14(11-19)17(21)22/h2-4,10,13-14H,5-9,11H2,1H3,(H,21,22). The van der Waals surface area contributed by atoms with Gasteiger partial charge in [0.1, 0.15) is 0 Å². The second kappa shape index (κ2) is 8.45. The van der Waals surface area contributed by atoms with Gasteiger partial charge in [0.25, 0.3) is 0 Å². The fraction of sp³-hybridized carbons (Fsp3) is 0.529. The first-order valence-electron chi connectivity index (χ1n) is 7.76. The van der Waals surface area contributed by atoms with E-state index in [9.17, 15) is 9.59 Å². The number of nitrogens with zero attached hydrogens (tertiary/aromatic N) is 1. The summed E-state index contributed by atoms with van der Waals surface area (Å²) in [5.41, 5.74) is 1.09. The van der Waals surface area contributed by atoms with Gasteiger partial charge in [-0.1, -0.05) is 28.1 Å². The Hall–Kier alpha value is -1.40. The Morgan fingerprint density at radius 3 is 2.87 bits per heavy atom. The van der Waals surface area contributed by atoms with Crippen molar-refractivity contribution in [2.45, 2.75) is 19.3 Å². The summed E-state index contributed by atoms with van der Waals surface area (Å²) in [5, 5.41) is 9.10. The molecule has 6 heteroatoms. The largest absolute Gasteiger partial charge is 0.481 e. The molecule has 126 valence electrons. The second-order valence-corrected chi connectivity index (χ2v) is 6.84. The van der Waals surface area contributed by atoms with E-state index in [0.717, 1.165) is 10.0 Å². The van der Waals surface area contributed by atoms with Gasteiger partial charge in [-0.05, 0) is 37.0 Å². The monoisotopic (exact) mass is 383 g/mol. The number of carboxylic acid groups (broad SMARTS) is 1. The molecule has 0 radical (unpaired) electrons. The van der Waals surface area contributed by atoms with Crippen LogP contribution in [0.15, 0.2) is 28.7 Å². The lowest BCUT2D eigenvalue weighted by Gasteiger charge is -2.23. The molecule has 1 aromatic rings. The van der Waals surface area contributed by atoms with E-state index in [1.165, 1.54) is 0 Å². The fourth-order valence-electron chi connectivity index (χ4n) is 2.94. The Kier molecular flexibility index (Phi) is 6.59. The van der Waals surface area contributed by atoms with Gasteiger partial charge in [0, 0.05) is 37.2 Å². The number of aliphatic carboxylic acids is 1. The highest BCUT2D eigenvalue weighted by molar-refractivity contribution is 9.10. The third kappa shape index (κ3) is 5.04. The molecule has 0 aliphatic carbocycles. The Bertz CT molecular complexity index is 563. The molecule has 0 spiro atoms. The summed E-state index contributed by atoms with van der Waals surface area (Å²) in [6, 6.07) is 7.92. The van der Waals surface area contributed by atoms with Crippen LogP contribution in [0.25, 0.3) is 0 Å². The lowest BCUT2D eigenvalue weighted by Crippen LogP contribution is -2.36. The Labute approximate surface area is 144 Å². The van der Waals surface area contributed by atoms with Crippen molar-refractivity contribution in [3.63, 3.8) is 0 Å². The molecule has 2 rings (SSSR count). The minimum absolute atomic E-state index is 0.0331. The minimum Gasteiger partial charge on any atom is -0.481 e. The Balaban J connectivity index is 2.05. The topological polar surface area (TPSA) is 66.8 Å². The van der Waals surface area contributed by atoms with Crippen LogP contribution in [-0.2, 0) is 20.7 Å². The predicted octanol–water partition coefficient (Wildman–Crippen LogP) is 2.58. The first-order valence-corrected chi connectivity index (χ1v) is 8.55. The van der Waals surface area contributed by atoms with E-state index in [-0.39, 0.29) is 11.8 Å². The molecule has 1 N–H and O–H groups in total. The average Bonchev–Trinajstić information content (AvgIpc) is 3.01. The second-order valence-electron chi connectivity index (χ2n) is 5.92. The van der Waals surface area contributed by atoms with Crippen LogP contribution in [0.2, 0.25) is 0 Å². The van der Waals surface area contributed by atoms with Crippen LogP contribution >= 0.6 is 15.9 Å². The quantitative estimate of drug-likeness (QED) is 0.785. The highest BCUT2D eigenvalue weighted by Gasteiger charge is 2.33. The molecule has 0 saturated carbocycles. The van der Waals surface area contributed by atoms with Crippen LogP contribution in [-0.4, -0.2) is 48.7 Å². The van der Waals surface area contributed by atoms with Crippen molar-refractivity contribution in [3.05, 3.63) is 34.3 Å². The van der Waals surface area contributed by atoms with Gasteiger partial charge in [-0.25, -0.2) is 0 Å². The summed E-state index contributed by atoms with van der Waals surface area (Å²) in [6.07, 6.45) is 1.81. The molecule has 1 aliphatic rings. The molecule has 23 heavy (non-hydrogen) atoms. The molecule has 2 atom stereocenters. The van der Waals surface area contributed by atoms with Gasteiger partial charge in [-0.2, -0.15) is 0 Å². The normalized spacial score (nSPS) is 18.9. The van der Waals surface area contributed by atoms with Crippen LogP contribution in [0, 0.1) is 11.8 Å². The van der Waals surface area contributed by atoms with Gasteiger partial charge in [0.2, 0.25) is 5.91 Å². The van der Waals surface area contributed by atoms with Crippen LogP contribution in [0.1, 0.15) is 18.4 Å². The van der Waals surface area contributed by atoms with Gasteiger partial charge in [0.05, 0.1) is 5.92 Å². The molecule has 1 aliphatic heterocycles. The summed E-state index contributed by atoms with van der Waals surface area (Å²) in [7, 11) is 1.62. The van der Waals surface area contributed by atoms with Crippen LogP contribution < -0.4 is 0 Å². The van der Waals surface area contributed by atoms with Crippen molar-refractivity contribution in [1.82, 2.24) is 4.90 Å². The summed E-state index contributed by atoms with van der Waals surface area (Å²) in [6.45, 7) is 1.36. The highest BCUT2D eigenvalue weighted by atomic mass is 79.9. The van der Waals surface area contributed by atoms with Crippen LogP contribution in [0.3, 0.4) is 0 Å². The van der Waals surface area contributed by atoms with E-state index in [0.29, 0.717) is 39.0 Å². The number of methoxy groups -OCH3 is 1. The SMILES string of the molecule is COCCC(Cc1cccc(Br)c1)C(=O)N1CCC(C(=O)O)C1. The van der Waals surface area contributed by atoms with Gasteiger partial charge in [0.15, 0.2) is 0 Å². The number of carbonyl (C=O) groups is 2. The predicted molar refractivity (Wildman–Crippen MR) is 90.2 cm³/mol. The number of carboxylic acids is 1. The zero-order valence-corrected chi connectivity index (χ0v) is 14.8. The third-order valence-corrected chi connectivity index (χ3v) is 4.73. The number of halogens is 1. The zero-order chi connectivity index (χ0) is 16.8. The molecular weight excluding hydrogens is 362 g/mol. The van der Waals surface area contributed by atoms with Crippen LogP contribution in [0.4, 0.5) is 0 Å². The Morgan fingerprint density at radius 2 is 2.26 bits per heavy atom. The number of ether oxygens (including phenoxy) is 1. The third-order valence-electron chi connectivity index (χ3n) is 4.24. The van der Waals surface area contributed by atoms with Crippen LogP contribution in [0.5, 0.6) is 0 Å². The molecule has 1 saturated heterocycles. The van der Waals surface area contributed by atoms with E-state index in [1.54, 1.807) is 12.0 Å². The first-order chi connectivity index (χ1) is 11.0. The number of carbonyl (C=O) groups excluding carboxylic acids is 1. The number of hydrogen-bond acceptors (Lipinski definition) is 3. The molecule has 1 aromatic carbocycles. The van der Waals surface area contributed by atoms with E-state index in [2.05, 4.69) is 15.9 Å². The maximum Gasteiger partial charge on any atom is 0.308 e. The Morgan fingerprint density at radius 1 is 1.48 bits per heavy atom. The fourth-order valence-corrected chi connectivity index (χ4v) is 3.39. The van der Waals surface area contributed by atoms with Crippen molar-refractivity contribution in [3.8, 4) is 0 Å². The maximum atomic E-state index is 12.8. The van der Waals surface area contributed by atoms with Crippen molar-refractivity contribution in [2.75, 3.05) is 26.8 Å². The molecular formula is C17H22BrNO4. The van der Waals surface area contributed by atoms with Crippen molar-refractivity contribution in [2.24, 2.45) is 11.8 Å². The van der Waals surface area contributed by atoms with Gasteiger partial charge in [-0.15, -0.1) is 0 Å². The van der Waals surface area contributed by atoms with E-state index in [4.69, 9.17) is 9.84 Å². The van der Waals surface area contributed by atoms with Gasteiger partial charge < -0.3 is 14.7 Å². The van der Waals surface area contributed by atoms with Crippen molar-refractivity contribution < 1.29 is 19.4 Å². The maximum absolute atomic E-state index is 12.8. The number of benzene rings is 1. The number of rotatable bonds is 7. The lowest BCUT2D eigenvalue weighted by atomic mass is 9.95. The van der Waals surface area contributed by atoms with Crippen molar-refractivity contribution >= 4 is 27.8 Å². The highest BCUT2D eigenvalue weighted by Crippen LogP contribution is 2.23. The van der Waals surface area contributed by atoms with E-state index >= 15 is 0 Å². The smallest absolute Gasteiger partial charge is 0.308 e. The molecule has 2 unspecified atom stereocenters. The molecule has 0 bridgehead atoms. The lowest BCUT2D eigenvalue weighted by molar-refractivity contribution is -0.141. The zero-order valence-electron chi connectivity index (χ0n) is 13.2. The van der Waals surface area contributed by atoms with Gasteiger partial charge in [-0.3, -0.25) is 9.59 Å². The summed E-state index contributed by atoms with van der Waals surface area (Å²) in [4.78, 5) is 25.5. The number of hydrogen-bond donors (Lipinski definition) is 1. The van der Waals surface area contributed by atoms with Crippen molar-refractivity contribution in [1.29, 1.82) is 0 Å². The van der Waals surface area contributed by atoms with Gasteiger partial charge >= 0.3 is 5.97 Å². The summed E-state index contributed by atoms with van der Waals surface area (Å²) >= 11 is 3.45. The summed E-state index contributed by atoms with van der Waals surface area (Å²) < 4.78 is 6.12. The average molecular weight is 384 g/mol. The number of amides is 1. The van der Waals surface area contributed by atoms with E-state index in [1.807, 2.05) is 24.3 Å². The first kappa shape index (κ1) is 17.9. The minimum atomic E-state index is -0.819. The van der Waals surface area contributed by atoms with E-state index < -0.39 is 11.9 Å². The summed E-state index contributed by atoms with van der Waals surface area (Å²) in [5.74, 6) is -1.41. The number of likely N-dealkylation sites (tertiary alicyclic amines) is 1.